The summed E-state index contributed by atoms with van der Waals surface area (Å²) < 4.78 is 81.6. The van der Waals surface area contributed by atoms with Crippen molar-refractivity contribution in [2.24, 2.45) is 5.92 Å². The van der Waals surface area contributed by atoms with Gasteiger partial charge in [-0.25, -0.2) is 13.2 Å². The Labute approximate surface area is 245 Å². The monoisotopic (exact) mass is 588 g/mol. The smallest absolute Gasteiger partial charge is 0.271 e. The van der Waals surface area contributed by atoms with Crippen molar-refractivity contribution in [3.8, 4) is 28.0 Å². The Morgan fingerprint density at radius 1 is 0.667 bits per heavy atom. The average Bonchev–Trinajstić information content (AvgIpc) is 3.01. The molecular formula is C34H40F4O4. The Morgan fingerprint density at radius 2 is 1.26 bits per heavy atom. The van der Waals surface area contributed by atoms with Crippen molar-refractivity contribution in [2.75, 3.05) is 19.8 Å². The molecule has 0 saturated carbocycles. The molecule has 0 spiro atoms. The summed E-state index contributed by atoms with van der Waals surface area (Å²) in [4.78, 5) is 0. The first kappa shape index (κ1) is 32.0. The molecule has 228 valence electrons. The van der Waals surface area contributed by atoms with Gasteiger partial charge in [-0.3, -0.25) is 0 Å². The van der Waals surface area contributed by atoms with Crippen molar-refractivity contribution in [1.29, 1.82) is 0 Å². The van der Waals surface area contributed by atoms with E-state index in [0.717, 1.165) is 44.9 Å². The van der Waals surface area contributed by atoms with Crippen LogP contribution in [0.1, 0.15) is 70.8 Å². The van der Waals surface area contributed by atoms with Gasteiger partial charge in [0.2, 0.25) is 5.82 Å². The minimum atomic E-state index is -1.05. The van der Waals surface area contributed by atoms with Crippen LogP contribution in [0.3, 0.4) is 0 Å². The zero-order valence-electron chi connectivity index (χ0n) is 24.4. The first-order valence-corrected chi connectivity index (χ1v) is 15.0. The largest absolute Gasteiger partial charge is 0.490 e. The molecule has 0 aliphatic carbocycles. The van der Waals surface area contributed by atoms with Crippen LogP contribution in [0.4, 0.5) is 17.6 Å². The molecule has 0 unspecified atom stereocenters. The fraction of sp³-hybridized carbons (Fsp3) is 0.471. The van der Waals surface area contributed by atoms with Gasteiger partial charge in [0.05, 0.1) is 26.4 Å². The minimum Gasteiger partial charge on any atom is -0.490 e. The predicted octanol–water partition coefficient (Wildman–Crippen LogP) is 9.58. The van der Waals surface area contributed by atoms with Gasteiger partial charge in [-0.1, -0.05) is 88.8 Å². The number of halogens is 4. The first-order valence-electron chi connectivity index (χ1n) is 15.0. The molecule has 0 N–H and O–H groups in total. The van der Waals surface area contributed by atoms with Crippen LogP contribution in [0.15, 0.2) is 48.5 Å². The van der Waals surface area contributed by atoms with Crippen molar-refractivity contribution in [3.05, 3.63) is 77.4 Å². The Morgan fingerprint density at radius 3 is 1.90 bits per heavy atom. The van der Waals surface area contributed by atoms with Gasteiger partial charge in [-0.05, 0) is 36.1 Å². The molecule has 0 bridgehead atoms. The van der Waals surface area contributed by atoms with Crippen LogP contribution in [0.25, 0.3) is 22.3 Å². The minimum absolute atomic E-state index is 0.0374. The summed E-state index contributed by atoms with van der Waals surface area (Å²) in [5, 5.41) is 0. The summed E-state index contributed by atoms with van der Waals surface area (Å²) in [5.74, 6) is -3.93. The number of ether oxygens (including phenoxy) is 4. The SMILES string of the molecule is CCCCCCOc1ccc(-c2ccc(-c3ccc(COC4OCC(CCCCC)CO4)c(F)c3F)cc2)c(F)c1F. The van der Waals surface area contributed by atoms with Crippen molar-refractivity contribution < 1.29 is 36.5 Å². The highest BCUT2D eigenvalue weighted by molar-refractivity contribution is 5.71. The third-order valence-corrected chi connectivity index (χ3v) is 7.50. The van der Waals surface area contributed by atoms with Crippen LogP contribution in [0.5, 0.6) is 5.75 Å². The highest BCUT2D eigenvalue weighted by Gasteiger charge is 2.24. The molecule has 0 radical (unpaired) electrons. The van der Waals surface area contributed by atoms with E-state index >= 15 is 4.39 Å². The summed E-state index contributed by atoms with van der Waals surface area (Å²) >= 11 is 0. The lowest BCUT2D eigenvalue weighted by Crippen LogP contribution is -2.33. The summed E-state index contributed by atoms with van der Waals surface area (Å²) in [5.41, 5.74) is 0.923. The molecule has 3 aromatic rings. The van der Waals surface area contributed by atoms with Crippen molar-refractivity contribution in [1.82, 2.24) is 0 Å². The topological polar surface area (TPSA) is 36.9 Å². The zero-order chi connectivity index (χ0) is 29.9. The van der Waals surface area contributed by atoms with Gasteiger partial charge in [-0.2, -0.15) is 4.39 Å². The molecule has 3 aromatic carbocycles. The van der Waals surface area contributed by atoms with Crippen LogP contribution in [0.2, 0.25) is 0 Å². The summed E-state index contributed by atoms with van der Waals surface area (Å²) in [6.45, 7) is 4.45. The number of hydrogen-bond acceptors (Lipinski definition) is 4. The second kappa shape index (κ2) is 16.1. The number of hydrogen-bond donors (Lipinski definition) is 0. The molecule has 4 rings (SSSR count). The van der Waals surface area contributed by atoms with E-state index < -0.39 is 29.7 Å². The van der Waals surface area contributed by atoms with Crippen LogP contribution in [-0.2, 0) is 20.8 Å². The Bertz CT molecular complexity index is 1270. The fourth-order valence-corrected chi connectivity index (χ4v) is 4.96. The van der Waals surface area contributed by atoms with Crippen LogP contribution >= 0.6 is 0 Å². The lowest BCUT2D eigenvalue weighted by molar-refractivity contribution is -0.327. The Hall–Kier alpha value is -2.94. The predicted molar refractivity (Wildman–Crippen MR) is 155 cm³/mol. The van der Waals surface area contributed by atoms with Gasteiger partial charge in [-0.15, -0.1) is 0 Å². The Balaban J connectivity index is 1.35. The molecule has 0 atom stereocenters. The standard InChI is InChI=1S/C34H40F4O4/c1-3-5-7-9-19-39-29-18-17-28(32(37)33(29)38)25-13-11-24(12-14-25)27-16-15-26(30(35)31(27)36)22-42-34-40-20-23(21-41-34)10-8-6-4-2/h11-18,23,34H,3-10,19-22H2,1-2H3. The average molecular weight is 589 g/mol. The van der Waals surface area contributed by atoms with Gasteiger partial charge in [0.1, 0.15) is 0 Å². The molecule has 1 aliphatic heterocycles. The molecule has 1 fully saturated rings. The highest BCUT2D eigenvalue weighted by Crippen LogP contribution is 2.33. The van der Waals surface area contributed by atoms with E-state index in [1.807, 2.05) is 0 Å². The molecule has 4 nitrogen and oxygen atoms in total. The van der Waals surface area contributed by atoms with Crippen LogP contribution in [-0.4, -0.2) is 26.3 Å². The number of benzene rings is 3. The fourth-order valence-electron chi connectivity index (χ4n) is 4.96. The third kappa shape index (κ3) is 8.33. The van der Waals surface area contributed by atoms with Crippen molar-refractivity contribution >= 4 is 0 Å². The van der Waals surface area contributed by atoms with E-state index in [-0.39, 0.29) is 29.0 Å². The normalized spacial score (nSPS) is 17.0. The second-order valence-electron chi connectivity index (χ2n) is 10.8. The molecule has 1 heterocycles. The third-order valence-electron chi connectivity index (χ3n) is 7.50. The molecule has 8 heteroatoms. The van der Waals surface area contributed by atoms with Crippen LogP contribution < -0.4 is 4.74 Å². The summed E-state index contributed by atoms with van der Waals surface area (Å²) in [6, 6.07) is 11.9. The van der Waals surface area contributed by atoms with Gasteiger partial charge in [0, 0.05) is 22.6 Å². The van der Waals surface area contributed by atoms with Gasteiger partial charge >= 0.3 is 0 Å². The molecule has 1 aliphatic rings. The van der Waals surface area contributed by atoms with Crippen molar-refractivity contribution in [2.45, 2.75) is 78.3 Å². The quantitative estimate of drug-likeness (QED) is 0.131. The lowest BCUT2D eigenvalue weighted by Gasteiger charge is -2.29. The van der Waals surface area contributed by atoms with Crippen molar-refractivity contribution in [3.63, 3.8) is 0 Å². The van der Waals surface area contributed by atoms with E-state index in [9.17, 15) is 13.2 Å². The van der Waals surface area contributed by atoms with Gasteiger partial charge < -0.3 is 18.9 Å². The van der Waals surface area contributed by atoms with Gasteiger partial charge in [0.25, 0.3) is 6.48 Å². The maximum Gasteiger partial charge on any atom is 0.271 e. The maximum atomic E-state index is 15.1. The molecule has 0 aromatic heterocycles. The first-order chi connectivity index (χ1) is 20.4. The number of unbranched alkanes of at least 4 members (excludes halogenated alkanes) is 5. The summed E-state index contributed by atoms with van der Waals surface area (Å²) in [6.07, 6.45) is 8.34. The highest BCUT2D eigenvalue weighted by atomic mass is 19.2. The molecule has 42 heavy (non-hydrogen) atoms. The second-order valence-corrected chi connectivity index (χ2v) is 10.8. The molecular weight excluding hydrogens is 548 g/mol. The maximum absolute atomic E-state index is 15.1. The lowest BCUT2D eigenvalue weighted by atomic mass is 9.98. The van der Waals surface area contributed by atoms with E-state index in [1.54, 1.807) is 24.3 Å². The van der Waals surface area contributed by atoms with E-state index in [0.29, 0.717) is 36.9 Å². The Kier molecular flexibility index (Phi) is 12.2. The molecule has 0 amide bonds. The van der Waals surface area contributed by atoms with Gasteiger partial charge in [0.15, 0.2) is 23.2 Å². The summed E-state index contributed by atoms with van der Waals surface area (Å²) in [7, 11) is 0. The van der Waals surface area contributed by atoms with Crippen LogP contribution in [0, 0.1) is 29.2 Å². The van der Waals surface area contributed by atoms with E-state index in [1.165, 1.54) is 30.7 Å². The number of rotatable bonds is 15. The van der Waals surface area contributed by atoms with E-state index in [4.69, 9.17) is 18.9 Å². The zero-order valence-corrected chi connectivity index (χ0v) is 24.4. The molecule has 1 saturated heterocycles. The van der Waals surface area contributed by atoms with E-state index in [2.05, 4.69) is 13.8 Å².